The molecular weight excluding hydrogens is 322 g/mol. The number of benzene rings is 1. The summed E-state index contributed by atoms with van der Waals surface area (Å²) in [5.41, 5.74) is 3.39. The molecule has 5 heteroatoms. The van der Waals surface area contributed by atoms with E-state index in [2.05, 4.69) is 29.1 Å². The fourth-order valence-corrected chi connectivity index (χ4v) is 2.61. The lowest BCUT2D eigenvalue weighted by Gasteiger charge is -2.17. The average Bonchev–Trinajstić information content (AvgIpc) is 2.61. The van der Waals surface area contributed by atoms with E-state index in [1.807, 2.05) is 24.3 Å². The molecule has 0 aliphatic carbocycles. The quantitative estimate of drug-likeness (QED) is 0.794. The van der Waals surface area contributed by atoms with Gasteiger partial charge in [-0.1, -0.05) is 43.3 Å². The molecule has 0 bridgehead atoms. The van der Waals surface area contributed by atoms with E-state index in [9.17, 15) is 4.79 Å². The normalized spacial score (nSPS) is 10.3. The van der Waals surface area contributed by atoms with Crippen molar-refractivity contribution in [2.75, 3.05) is 18.9 Å². The topological polar surface area (TPSA) is 54.0 Å². The number of rotatable bonds is 7. The van der Waals surface area contributed by atoms with Crippen LogP contribution in [0.25, 0.3) is 6.08 Å². The van der Waals surface area contributed by atoms with Crippen molar-refractivity contribution in [3.8, 4) is 0 Å². The van der Waals surface area contributed by atoms with E-state index in [4.69, 9.17) is 11.6 Å². The van der Waals surface area contributed by atoms with Gasteiger partial charge in [-0.25, -0.2) is 4.98 Å². The first-order chi connectivity index (χ1) is 11.6. The van der Waals surface area contributed by atoms with E-state index >= 15 is 0 Å². The molecule has 4 nitrogen and oxygen atoms in total. The maximum atomic E-state index is 12.5. The lowest BCUT2D eigenvalue weighted by molar-refractivity contribution is 0.0962. The third-order valence-electron chi connectivity index (χ3n) is 3.73. The lowest BCUT2D eigenvalue weighted by Crippen LogP contribution is -2.23. The summed E-state index contributed by atoms with van der Waals surface area (Å²) in [5.74, 6) is 0.444. The van der Waals surface area contributed by atoms with E-state index in [0.29, 0.717) is 22.8 Å². The molecule has 1 amide bonds. The summed E-state index contributed by atoms with van der Waals surface area (Å²) in [5, 5.41) is 6.64. The first-order valence-corrected chi connectivity index (χ1v) is 8.33. The summed E-state index contributed by atoms with van der Waals surface area (Å²) in [4.78, 5) is 16.9. The Kier molecular flexibility index (Phi) is 6.38. The van der Waals surface area contributed by atoms with Crippen molar-refractivity contribution in [1.82, 2.24) is 10.3 Å². The van der Waals surface area contributed by atoms with Crippen LogP contribution in [0.5, 0.6) is 0 Å². The SMILES string of the molecule is C=Cc1cnc(NCCC)c(C(=O)NC)c1Cc1ccc(Cl)cc1. The van der Waals surface area contributed by atoms with Gasteiger partial charge in [-0.05, 0) is 41.7 Å². The summed E-state index contributed by atoms with van der Waals surface area (Å²) >= 11 is 5.96. The van der Waals surface area contributed by atoms with Crippen LogP contribution in [-0.4, -0.2) is 24.5 Å². The molecule has 0 aliphatic heterocycles. The highest BCUT2D eigenvalue weighted by atomic mass is 35.5. The molecule has 0 radical (unpaired) electrons. The number of aromatic nitrogens is 1. The van der Waals surface area contributed by atoms with Gasteiger partial charge < -0.3 is 10.6 Å². The van der Waals surface area contributed by atoms with Crippen LogP contribution in [0.2, 0.25) is 5.02 Å². The van der Waals surface area contributed by atoms with Gasteiger partial charge in [0.25, 0.3) is 5.91 Å². The third-order valence-corrected chi connectivity index (χ3v) is 3.98. The van der Waals surface area contributed by atoms with Crippen LogP contribution in [0.1, 0.15) is 40.4 Å². The Labute approximate surface area is 148 Å². The molecule has 1 aromatic heterocycles. The number of anilines is 1. The lowest BCUT2D eigenvalue weighted by atomic mass is 9.95. The smallest absolute Gasteiger partial charge is 0.255 e. The standard InChI is InChI=1S/C19H22ClN3O/c1-4-10-22-18-17(19(24)21-3)16(14(5-2)12-23-18)11-13-6-8-15(20)9-7-13/h5-9,12H,2,4,10-11H2,1,3H3,(H,21,24)(H,22,23). The highest BCUT2D eigenvalue weighted by Crippen LogP contribution is 2.25. The Bertz CT molecular complexity index is 726. The van der Waals surface area contributed by atoms with E-state index in [-0.39, 0.29) is 5.91 Å². The van der Waals surface area contributed by atoms with Gasteiger partial charge in [-0.15, -0.1) is 0 Å². The molecule has 0 atom stereocenters. The zero-order valence-corrected chi connectivity index (χ0v) is 14.8. The van der Waals surface area contributed by atoms with Gasteiger partial charge in [-0.3, -0.25) is 4.79 Å². The van der Waals surface area contributed by atoms with Crippen molar-refractivity contribution in [2.24, 2.45) is 0 Å². The number of nitrogens with zero attached hydrogens (tertiary/aromatic N) is 1. The Morgan fingerprint density at radius 1 is 1.33 bits per heavy atom. The number of halogens is 1. The number of carbonyl (C=O) groups is 1. The van der Waals surface area contributed by atoms with Gasteiger partial charge in [0.15, 0.2) is 0 Å². The molecule has 126 valence electrons. The first-order valence-electron chi connectivity index (χ1n) is 7.95. The van der Waals surface area contributed by atoms with Crippen LogP contribution in [0, 0.1) is 0 Å². The molecule has 0 unspecified atom stereocenters. The molecule has 24 heavy (non-hydrogen) atoms. The van der Waals surface area contributed by atoms with Gasteiger partial charge >= 0.3 is 0 Å². The monoisotopic (exact) mass is 343 g/mol. The van der Waals surface area contributed by atoms with Crippen LogP contribution in [0.4, 0.5) is 5.82 Å². The minimum absolute atomic E-state index is 0.159. The second kappa shape index (κ2) is 8.50. The maximum Gasteiger partial charge on any atom is 0.255 e. The van der Waals surface area contributed by atoms with Gasteiger partial charge in [0.05, 0.1) is 5.56 Å². The van der Waals surface area contributed by atoms with E-state index in [1.54, 1.807) is 19.3 Å². The number of pyridine rings is 1. The summed E-state index contributed by atoms with van der Waals surface area (Å²) < 4.78 is 0. The van der Waals surface area contributed by atoms with Crippen molar-refractivity contribution >= 4 is 29.4 Å². The summed E-state index contributed by atoms with van der Waals surface area (Å²) in [6, 6.07) is 7.62. The van der Waals surface area contributed by atoms with Crippen LogP contribution in [-0.2, 0) is 6.42 Å². The molecule has 1 aromatic carbocycles. The minimum atomic E-state index is -0.159. The number of hydrogen-bond acceptors (Lipinski definition) is 3. The molecule has 1 heterocycles. The Balaban J connectivity index is 2.53. The number of nitrogens with one attached hydrogen (secondary N) is 2. The molecule has 0 fully saturated rings. The van der Waals surface area contributed by atoms with Crippen molar-refractivity contribution < 1.29 is 4.79 Å². The largest absolute Gasteiger partial charge is 0.369 e. The van der Waals surface area contributed by atoms with Crippen molar-refractivity contribution in [3.05, 3.63) is 64.3 Å². The van der Waals surface area contributed by atoms with Crippen LogP contribution < -0.4 is 10.6 Å². The Hall–Kier alpha value is -2.33. The highest BCUT2D eigenvalue weighted by Gasteiger charge is 2.19. The van der Waals surface area contributed by atoms with E-state index in [1.165, 1.54) is 0 Å². The Morgan fingerprint density at radius 2 is 2.04 bits per heavy atom. The fourth-order valence-electron chi connectivity index (χ4n) is 2.48. The van der Waals surface area contributed by atoms with Crippen molar-refractivity contribution in [1.29, 1.82) is 0 Å². The third kappa shape index (κ3) is 4.15. The van der Waals surface area contributed by atoms with Crippen LogP contribution in [0.3, 0.4) is 0 Å². The first kappa shape index (κ1) is 18.0. The molecule has 2 rings (SSSR count). The second-order valence-corrected chi connectivity index (χ2v) is 5.87. The summed E-state index contributed by atoms with van der Waals surface area (Å²) in [6.07, 6.45) is 5.03. The van der Waals surface area contributed by atoms with Gasteiger partial charge in [0.1, 0.15) is 5.82 Å². The Morgan fingerprint density at radius 3 is 2.62 bits per heavy atom. The molecule has 0 spiro atoms. The van der Waals surface area contributed by atoms with Crippen molar-refractivity contribution in [2.45, 2.75) is 19.8 Å². The molecular formula is C19H22ClN3O. The predicted octanol–water partition coefficient (Wildman–Crippen LogP) is 4.15. The zero-order chi connectivity index (χ0) is 17.5. The van der Waals surface area contributed by atoms with Gasteiger partial charge in [0, 0.05) is 24.8 Å². The fraction of sp³-hybridized carbons (Fsp3) is 0.263. The molecule has 2 N–H and O–H groups in total. The predicted molar refractivity (Wildman–Crippen MR) is 101 cm³/mol. The van der Waals surface area contributed by atoms with E-state index < -0.39 is 0 Å². The van der Waals surface area contributed by atoms with Crippen LogP contribution >= 0.6 is 11.6 Å². The van der Waals surface area contributed by atoms with E-state index in [0.717, 1.165) is 29.7 Å². The number of amides is 1. The summed E-state index contributed by atoms with van der Waals surface area (Å²) in [6.45, 7) is 6.68. The van der Waals surface area contributed by atoms with Gasteiger partial charge in [-0.2, -0.15) is 0 Å². The number of carbonyl (C=O) groups excluding carboxylic acids is 1. The molecule has 0 saturated heterocycles. The molecule has 2 aromatic rings. The zero-order valence-electron chi connectivity index (χ0n) is 14.0. The molecule has 0 saturated carbocycles. The van der Waals surface area contributed by atoms with Gasteiger partial charge in [0.2, 0.25) is 0 Å². The summed E-state index contributed by atoms with van der Waals surface area (Å²) in [7, 11) is 1.62. The van der Waals surface area contributed by atoms with Crippen molar-refractivity contribution in [3.63, 3.8) is 0 Å². The average molecular weight is 344 g/mol. The minimum Gasteiger partial charge on any atom is -0.369 e. The highest BCUT2D eigenvalue weighted by molar-refractivity contribution is 6.30. The van der Waals surface area contributed by atoms with Crippen LogP contribution in [0.15, 0.2) is 37.0 Å². The molecule has 0 aliphatic rings. The maximum absolute atomic E-state index is 12.5. The second-order valence-electron chi connectivity index (χ2n) is 5.43. The number of hydrogen-bond donors (Lipinski definition) is 2.